The highest BCUT2D eigenvalue weighted by molar-refractivity contribution is 5.85. The number of hydrogen-bond acceptors (Lipinski definition) is 3. The summed E-state index contributed by atoms with van der Waals surface area (Å²) in [5, 5.41) is 14.9. The maximum absolute atomic E-state index is 12.8. The van der Waals surface area contributed by atoms with E-state index in [0.29, 0.717) is 0 Å². The van der Waals surface area contributed by atoms with E-state index in [1.807, 2.05) is 13.8 Å². The lowest BCUT2D eigenvalue weighted by molar-refractivity contribution is 0.313. The summed E-state index contributed by atoms with van der Waals surface area (Å²) in [5.74, 6) is -0.0501. The van der Waals surface area contributed by atoms with Gasteiger partial charge in [-0.1, -0.05) is 24.2 Å². The Balaban J connectivity index is 2.55. The van der Waals surface area contributed by atoms with Gasteiger partial charge in [0.25, 0.3) is 0 Å². The third-order valence-corrected chi connectivity index (χ3v) is 2.82. The molecule has 0 aliphatic heterocycles. The summed E-state index contributed by atoms with van der Waals surface area (Å²) < 4.78 is 12.8. The van der Waals surface area contributed by atoms with Gasteiger partial charge < -0.3 is 16.3 Å². The van der Waals surface area contributed by atoms with Gasteiger partial charge in [-0.25, -0.2) is 4.39 Å². The molecule has 0 heterocycles. The largest absolute Gasteiger partial charge is 0.409 e. The highest BCUT2D eigenvalue weighted by Crippen LogP contribution is 2.06. The summed E-state index contributed by atoms with van der Waals surface area (Å²) in [6.45, 7) is 3.97. The Morgan fingerprint density at radius 3 is 2.56 bits per heavy atom. The molecule has 4 nitrogen and oxygen atoms in total. The number of benzene rings is 1. The predicted molar refractivity (Wildman–Crippen MR) is 70.2 cm³/mol. The fourth-order valence-corrected chi connectivity index (χ4v) is 1.86. The first-order chi connectivity index (χ1) is 8.56. The van der Waals surface area contributed by atoms with Gasteiger partial charge in [-0.2, -0.15) is 0 Å². The molecular weight excluding hydrogens is 233 g/mol. The number of hydrogen-bond donors (Lipinski definition) is 3. The molecule has 4 N–H and O–H groups in total. The van der Waals surface area contributed by atoms with E-state index in [9.17, 15) is 4.39 Å². The van der Waals surface area contributed by atoms with Crippen molar-refractivity contribution in [2.75, 3.05) is 0 Å². The van der Waals surface area contributed by atoms with Gasteiger partial charge in [-0.15, -0.1) is 0 Å². The van der Waals surface area contributed by atoms with E-state index in [0.717, 1.165) is 18.4 Å². The van der Waals surface area contributed by atoms with Crippen LogP contribution in [0, 0.1) is 5.82 Å². The van der Waals surface area contributed by atoms with Crippen LogP contribution in [0.25, 0.3) is 0 Å². The molecule has 1 aromatic carbocycles. The molecule has 0 saturated carbocycles. The van der Waals surface area contributed by atoms with Crippen LogP contribution in [-0.4, -0.2) is 23.1 Å². The highest BCUT2D eigenvalue weighted by Gasteiger charge is 2.14. The van der Waals surface area contributed by atoms with E-state index in [4.69, 9.17) is 10.9 Å². The molecule has 2 atom stereocenters. The number of amidine groups is 1. The second-order valence-corrected chi connectivity index (χ2v) is 4.38. The molecule has 1 aromatic rings. The van der Waals surface area contributed by atoms with Crippen LogP contribution in [0.5, 0.6) is 0 Å². The minimum Gasteiger partial charge on any atom is -0.409 e. The van der Waals surface area contributed by atoms with Crippen LogP contribution in [0.4, 0.5) is 4.39 Å². The Labute approximate surface area is 107 Å². The standard InChI is InChI=1S/C13H20FN3O/c1-3-12(13(15)17-18)16-9(2)8-10-4-6-11(14)7-5-10/h4-7,9,12,16,18H,3,8H2,1-2H3,(H2,15,17). The van der Waals surface area contributed by atoms with E-state index in [1.165, 1.54) is 12.1 Å². The molecule has 0 bridgehead atoms. The first-order valence-corrected chi connectivity index (χ1v) is 6.04. The van der Waals surface area contributed by atoms with Crippen LogP contribution >= 0.6 is 0 Å². The minimum absolute atomic E-state index is 0.148. The average molecular weight is 253 g/mol. The Kier molecular flexibility index (Phi) is 5.58. The quantitative estimate of drug-likeness (QED) is 0.314. The number of halogens is 1. The molecule has 18 heavy (non-hydrogen) atoms. The predicted octanol–water partition coefficient (Wildman–Crippen LogP) is 1.87. The van der Waals surface area contributed by atoms with Crippen LogP contribution in [0.2, 0.25) is 0 Å². The molecule has 0 radical (unpaired) electrons. The van der Waals surface area contributed by atoms with Gasteiger partial charge in [0.05, 0.1) is 6.04 Å². The number of nitrogens with zero attached hydrogens (tertiary/aromatic N) is 1. The summed E-state index contributed by atoms with van der Waals surface area (Å²) in [4.78, 5) is 0. The van der Waals surface area contributed by atoms with Crippen molar-refractivity contribution in [3.05, 3.63) is 35.6 Å². The normalized spacial score (nSPS) is 15.4. The molecular formula is C13H20FN3O. The Morgan fingerprint density at radius 2 is 2.06 bits per heavy atom. The lowest BCUT2D eigenvalue weighted by Crippen LogP contribution is -2.45. The first-order valence-electron chi connectivity index (χ1n) is 6.04. The molecule has 0 fully saturated rings. The molecule has 0 aliphatic carbocycles. The first kappa shape index (κ1) is 14.4. The summed E-state index contributed by atoms with van der Waals surface area (Å²) >= 11 is 0. The lowest BCUT2D eigenvalue weighted by Gasteiger charge is -2.21. The van der Waals surface area contributed by atoms with Crippen molar-refractivity contribution in [3.63, 3.8) is 0 Å². The fraction of sp³-hybridized carbons (Fsp3) is 0.462. The maximum Gasteiger partial charge on any atom is 0.156 e. The van der Waals surface area contributed by atoms with Crippen molar-refractivity contribution in [2.24, 2.45) is 10.9 Å². The van der Waals surface area contributed by atoms with Crippen molar-refractivity contribution in [2.45, 2.75) is 38.8 Å². The average Bonchev–Trinajstić information content (AvgIpc) is 2.37. The molecule has 0 aliphatic rings. The third kappa shape index (κ3) is 4.33. The Morgan fingerprint density at radius 1 is 1.44 bits per heavy atom. The Bertz CT molecular complexity index is 392. The van der Waals surface area contributed by atoms with E-state index < -0.39 is 0 Å². The number of rotatable bonds is 6. The molecule has 0 amide bonds. The SMILES string of the molecule is CCC(NC(C)Cc1ccc(F)cc1)/C(N)=N/O. The summed E-state index contributed by atoms with van der Waals surface area (Å²) in [6.07, 6.45) is 1.50. The monoisotopic (exact) mass is 253 g/mol. The van der Waals surface area contributed by atoms with Crippen molar-refractivity contribution in [3.8, 4) is 0 Å². The number of oxime groups is 1. The summed E-state index contributed by atoms with van der Waals surface area (Å²) in [7, 11) is 0. The van der Waals surface area contributed by atoms with E-state index in [1.54, 1.807) is 12.1 Å². The van der Waals surface area contributed by atoms with Crippen LogP contribution in [0.15, 0.2) is 29.4 Å². The topological polar surface area (TPSA) is 70.6 Å². The Hall–Kier alpha value is -1.62. The van der Waals surface area contributed by atoms with Crippen molar-refractivity contribution in [1.29, 1.82) is 0 Å². The molecule has 0 spiro atoms. The van der Waals surface area contributed by atoms with Gasteiger partial charge in [0.2, 0.25) is 0 Å². The van der Waals surface area contributed by atoms with Gasteiger partial charge in [-0.3, -0.25) is 0 Å². The van der Waals surface area contributed by atoms with E-state index in [-0.39, 0.29) is 23.7 Å². The highest BCUT2D eigenvalue weighted by atomic mass is 19.1. The fourth-order valence-electron chi connectivity index (χ4n) is 1.86. The molecule has 100 valence electrons. The number of nitrogens with one attached hydrogen (secondary N) is 1. The second-order valence-electron chi connectivity index (χ2n) is 4.38. The van der Waals surface area contributed by atoms with E-state index >= 15 is 0 Å². The zero-order valence-corrected chi connectivity index (χ0v) is 10.7. The molecule has 2 unspecified atom stereocenters. The smallest absolute Gasteiger partial charge is 0.156 e. The molecule has 1 rings (SSSR count). The molecule has 5 heteroatoms. The molecule has 0 aromatic heterocycles. The minimum atomic E-state index is -0.234. The van der Waals surface area contributed by atoms with Crippen molar-refractivity contribution >= 4 is 5.84 Å². The second kappa shape index (κ2) is 6.96. The van der Waals surface area contributed by atoms with Gasteiger partial charge in [0.1, 0.15) is 5.82 Å². The maximum atomic E-state index is 12.8. The number of nitrogens with two attached hydrogens (primary N) is 1. The van der Waals surface area contributed by atoms with Crippen LogP contribution in [0.3, 0.4) is 0 Å². The summed E-state index contributed by atoms with van der Waals surface area (Å²) in [6, 6.07) is 6.42. The van der Waals surface area contributed by atoms with E-state index in [2.05, 4.69) is 10.5 Å². The van der Waals surface area contributed by atoms with Gasteiger partial charge in [0.15, 0.2) is 5.84 Å². The molecule has 0 saturated heterocycles. The third-order valence-electron chi connectivity index (χ3n) is 2.82. The van der Waals surface area contributed by atoms with Gasteiger partial charge in [0, 0.05) is 6.04 Å². The van der Waals surface area contributed by atoms with Crippen LogP contribution < -0.4 is 11.1 Å². The van der Waals surface area contributed by atoms with Crippen molar-refractivity contribution in [1.82, 2.24) is 5.32 Å². The van der Waals surface area contributed by atoms with Gasteiger partial charge >= 0.3 is 0 Å². The van der Waals surface area contributed by atoms with Crippen LogP contribution in [-0.2, 0) is 6.42 Å². The zero-order chi connectivity index (χ0) is 13.5. The van der Waals surface area contributed by atoms with Crippen LogP contribution in [0.1, 0.15) is 25.8 Å². The van der Waals surface area contributed by atoms with Gasteiger partial charge in [-0.05, 0) is 37.5 Å². The lowest BCUT2D eigenvalue weighted by atomic mass is 10.1. The summed E-state index contributed by atoms with van der Waals surface area (Å²) in [5.41, 5.74) is 6.62. The zero-order valence-electron chi connectivity index (χ0n) is 10.7. The van der Waals surface area contributed by atoms with Crippen molar-refractivity contribution < 1.29 is 9.60 Å².